The van der Waals surface area contributed by atoms with E-state index in [4.69, 9.17) is 9.83 Å². The second kappa shape index (κ2) is 9.55. The third-order valence-corrected chi connectivity index (χ3v) is 6.27. The predicted octanol–water partition coefficient (Wildman–Crippen LogP) is 6.81. The number of aromatic nitrogens is 2. The highest BCUT2D eigenvalue weighted by atomic mass is 16.7. The molecule has 2 aromatic heterocycles. The van der Waals surface area contributed by atoms with Gasteiger partial charge in [-0.25, -0.2) is 0 Å². The van der Waals surface area contributed by atoms with E-state index in [1.165, 1.54) is 54.7 Å². The fourth-order valence-electron chi connectivity index (χ4n) is 4.76. The number of nitrogens with zero attached hydrogens (tertiary/aromatic N) is 2. The van der Waals surface area contributed by atoms with Crippen LogP contribution >= 0.6 is 0 Å². The molecule has 30 heavy (non-hydrogen) atoms. The summed E-state index contributed by atoms with van der Waals surface area (Å²) in [6.45, 7) is 7.43. The molecule has 0 radical (unpaired) electrons. The number of fused-ring (bicyclic) bond motifs is 1. The van der Waals surface area contributed by atoms with Crippen molar-refractivity contribution in [3.8, 4) is 11.4 Å². The van der Waals surface area contributed by atoms with Crippen LogP contribution in [0.25, 0.3) is 17.0 Å². The van der Waals surface area contributed by atoms with Crippen molar-refractivity contribution in [2.24, 2.45) is 10.9 Å². The average molecular weight is 406 g/mol. The normalized spacial score (nSPS) is 18.6. The summed E-state index contributed by atoms with van der Waals surface area (Å²) in [6, 6.07) is 8.55. The summed E-state index contributed by atoms with van der Waals surface area (Å²) in [4.78, 5) is 14.8. The minimum Gasteiger partial charge on any atom is -0.413 e. The molecule has 2 aliphatic rings. The van der Waals surface area contributed by atoms with Gasteiger partial charge in [0.15, 0.2) is 0 Å². The monoisotopic (exact) mass is 405 g/mol. The lowest BCUT2D eigenvalue weighted by atomic mass is 9.87. The second-order valence-corrected chi connectivity index (χ2v) is 8.44. The zero-order valence-corrected chi connectivity index (χ0v) is 18.7. The lowest BCUT2D eigenvalue weighted by Gasteiger charge is -2.22. The highest BCUT2D eigenvalue weighted by Crippen LogP contribution is 2.39. The predicted molar refractivity (Wildman–Crippen MR) is 126 cm³/mol. The summed E-state index contributed by atoms with van der Waals surface area (Å²) < 4.78 is 2.05. The molecule has 160 valence electrons. The number of allylic oxidation sites excluding steroid dienone is 3. The van der Waals surface area contributed by atoms with E-state index in [0.29, 0.717) is 12.5 Å². The van der Waals surface area contributed by atoms with Crippen molar-refractivity contribution in [3.05, 3.63) is 53.5 Å². The van der Waals surface area contributed by atoms with Gasteiger partial charge < -0.3 is 9.82 Å². The van der Waals surface area contributed by atoms with Gasteiger partial charge in [0.2, 0.25) is 0 Å². The van der Waals surface area contributed by atoms with Gasteiger partial charge in [0.25, 0.3) is 0 Å². The molecule has 1 fully saturated rings. The molecule has 2 aromatic rings. The Hall–Kier alpha value is -2.49. The van der Waals surface area contributed by atoms with Crippen molar-refractivity contribution < 1.29 is 4.84 Å². The van der Waals surface area contributed by atoms with Crippen LogP contribution in [0.2, 0.25) is 0 Å². The van der Waals surface area contributed by atoms with E-state index in [0.717, 1.165) is 36.3 Å². The minimum atomic E-state index is 0.474. The van der Waals surface area contributed by atoms with E-state index in [9.17, 15) is 0 Å². The fourth-order valence-corrected chi connectivity index (χ4v) is 4.76. The molecule has 0 spiro atoms. The van der Waals surface area contributed by atoms with Gasteiger partial charge in [-0.05, 0) is 86.8 Å². The van der Waals surface area contributed by atoms with Gasteiger partial charge in [0.1, 0.15) is 12.3 Å². The van der Waals surface area contributed by atoms with Crippen LogP contribution in [0.1, 0.15) is 77.8 Å². The molecule has 0 bridgehead atoms. The molecule has 1 aliphatic carbocycles. The Morgan fingerprint density at radius 3 is 2.70 bits per heavy atom. The molecule has 1 saturated carbocycles. The molecule has 1 N–H and O–H groups in total. The van der Waals surface area contributed by atoms with Crippen LogP contribution < -0.4 is 4.84 Å². The molecule has 1 atom stereocenters. The zero-order chi connectivity index (χ0) is 20.9. The first kappa shape index (κ1) is 20.8. The van der Waals surface area contributed by atoms with Gasteiger partial charge in [-0.1, -0.05) is 27.2 Å². The number of hydrogen-bond donors (Lipinski definition) is 1. The molecule has 0 saturated heterocycles. The highest BCUT2D eigenvalue weighted by Gasteiger charge is 2.27. The smallest absolute Gasteiger partial charge is 0.114 e. The Morgan fingerprint density at radius 2 is 2.00 bits per heavy atom. The summed E-state index contributed by atoms with van der Waals surface area (Å²) in [7, 11) is 0. The number of aromatic amines is 1. The third-order valence-electron chi connectivity index (χ3n) is 6.27. The van der Waals surface area contributed by atoms with Gasteiger partial charge in [-0.2, -0.15) is 4.73 Å². The van der Waals surface area contributed by atoms with Crippen LogP contribution in [0.5, 0.6) is 0 Å². The Bertz CT molecular complexity index is 919. The van der Waals surface area contributed by atoms with E-state index >= 15 is 0 Å². The maximum Gasteiger partial charge on any atom is 0.114 e. The van der Waals surface area contributed by atoms with E-state index < -0.39 is 0 Å². The van der Waals surface area contributed by atoms with Crippen LogP contribution in [0.4, 0.5) is 0 Å². The van der Waals surface area contributed by atoms with Crippen molar-refractivity contribution >= 4 is 11.3 Å². The number of H-pyrrole nitrogens is 1. The molecule has 0 amide bonds. The SMILES string of the molecule is CCCOn1c(C(=C2C=C3CCCCC3=N2)C(CC)CCC)ccc1-c1ccc[nH]1. The maximum atomic E-state index is 6.31. The number of rotatable bonds is 9. The zero-order valence-electron chi connectivity index (χ0n) is 18.7. The van der Waals surface area contributed by atoms with E-state index in [1.807, 2.05) is 12.3 Å². The van der Waals surface area contributed by atoms with Gasteiger partial charge in [0, 0.05) is 17.5 Å². The lowest BCUT2D eigenvalue weighted by molar-refractivity contribution is 0.112. The van der Waals surface area contributed by atoms with Crippen molar-refractivity contribution in [1.29, 1.82) is 0 Å². The quantitative estimate of drug-likeness (QED) is 0.489. The van der Waals surface area contributed by atoms with Gasteiger partial charge >= 0.3 is 0 Å². The van der Waals surface area contributed by atoms with E-state index in [2.05, 4.69) is 54.8 Å². The Balaban J connectivity index is 1.87. The minimum absolute atomic E-state index is 0.474. The molecule has 1 unspecified atom stereocenters. The van der Waals surface area contributed by atoms with Gasteiger partial charge in [-0.15, -0.1) is 0 Å². The molecule has 4 heteroatoms. The van der Waals surface area contributed by atoms with Crippen molar-refractivity contribution in [2.75, 3.05) is 6.61 Å². The fraction of sp³-hybridized carbons (Fsp3) is 0.500. The summed E-state index contributed by atoms with van der Waals surface area (Å²) in [5, 5.41) is 0. The first-order chi connectivity index (χ1) is 14.8. The molecular formula is C26H35N3O. The maximum absolute atomic E-state index is 6.31. The molecule has 3 heterocycles. The number of aliphatic imine (C=N–C) groups is 1. The second-order valence-electron chi connectivity index (χ2n) is 8.44. The first-order valence-corrected chi connectivity index (χ1v) is 11.8. The topological polar surface area (TPSA) is 42.3 Å². The third kappa shape index (κ3) is 4.05. The van der Waals surface area contributed by atoms with Crippen LogP contribution in [0, 0.1) is 5.92 Å². The van der Waals surface area contributed by atoms with Crippen LogP contribution in [-0.2, 0) is 0 Å². The van der Waals surface area contributed by atoms with E-state index in [1.54, 1.807) is 0 Å². The van der Waals surface area contributed by atoms with Crippen LogP contribution in [0.3, 0.4) is 0 Å². The summed E-state index contributed by atoms with van der Waals surface area (Å²) in [5.41, 5.74) is 8.60. The number of nitrogens with one attached hydrogen (secondary N) is 1. The van der Waals surface area contributed by atoms with Crippen LogP contribution in [0.15, 0.2) is 52.8 Å². The molecule has 4 nitrogen and oxygen atoms in total. The largest absolute Gasteiger partial charge is 0.413 e. The van der Waals surface area contributed by atoms with Crippen molar-refractivity contribution in [3.63, 3.8) is 0 Å². The highest BCUT2D eigenvalue weighted by molar-refractivity contribution is 6.05. The Kier molecular flexibility index (Phi) is 6.61. The summed E-state index contributed by atoms with van der Waals surface area (Å²) in [6.07, 6.45) is 13.6. The Morgan fingerprint density at radius 1 is 1.13 bits per heavy atom. The standard InChI is InChI=1S/C26H35N3O/c1-4-10-19(6-3)26(23-18-20-11-7-8-12-21(20)28-23)25-15-14-24(22-13-9-16-27-22)29(25)30-17-5-2/h9,13-16,18-19,27H,4-8,10-12,17H2,1-3H3. The molecule has 4 rings (SSSR count). The van der Waals surface area contributed by atoms with Gasteiger partial charge in [0.05, 0.1) is 17.1 Å². The summed E-state index contributed by atoms with van der Waals surface area (Å²) in [5.74, 6) is 0.474. The van der Waals surface area contributed by atoms with Crippen molar-refractivity contribution in [1.82, 2.24) is 9.71 Å². The van der Waals surface area contributed by atoms with Crippen LogP contribution in [-0.4, -0.2) is 22.0 Å². The average Bonchev–Trinajstić information content (AvgIpc) is 3.51. The molecule has 1 aliphatic heterocycles. The first-order valence-electron chi connectivity index (χ1n) is 11.8. The summed E-state index contributed by atoms with van der Waals surface area (Å²) >= 11 is 0. The lowest BCUT2D eigenvalue weighted by Crippen LogP contribution is -2.18. The van der Waals surface area contributed by atoms with Crippen molar-refractivity contribution in [2.45, 2.75) is 72.1 Å². The van der Waals surface area contributed by atoms with E-state index in [-0.39, 0.29) is 0 Å². The van der Waals surface area contributed by atoms with Gasteiger partial charge in [-0.3, -0.25) is 4.99 Å². The molecule has 0 aromatic carbocycles. The number of hydrogen-bond acceptors (Lipinski definition) is 2. The Labute approximate surface area is 180 Å². The molecular weight excluding hydrogens is 370 g/mol.